The number of anilines is 1. The zero-order chi connectivity index (χ0) is 10.9. The van der Waals surface area contributed by atoms with Crippen molar-refractivity contribution in [3.05, 3.63) is 16.9 Å². The van der Waals surface area contributed by atoms with Gasteiger partial charge in [-0.05, 0) is 34.2 Å². The van der Waals surface area contributed by atoms with E-state index in [4.69, 9.17) is 0 Å². The number of hydrogen-bond donors (Lipinski definition) is 1. The van der Waals surface area contributed by atoms with Crippen LogP contribution < -0.4 is 5.32 Å². The van der Waals surface area contributed by atoms with E-state index in [1.165, 1.54) is 19.3 Å². The molecule has 1 aromatic rings. The van der Waals surface area contributed by atoms with Gasteiger partial charge >= 0.3 is 0 Å². The monoisotopic (exact) mass is 269 g/mol. The Labute approximate surface area is 98.8 Å². The summed E-state index contributed by atoms with van der Waals surface area (Å²) in [6.45, 7) is 4.60. The van der Waals surface area contributed by atoms with Gasteiger partial charge in [-0.25, -0.2) is 9.97 Å². The summed E-state index contributed by atoms with van der Waals surface area (Å²) in [4.78, 5) is 8.48. The molecule has 15 heavy (non-hydrogen) atoms. The molecular formula is C11H16BrN3. The first-order valence-corrected chi connectivity index (χ1v) is 6.11. The second-order valence-electron chi connectivity index (χ2n) is 4.80. The summed E-state index contributed by atoms with van der Waals surface area (Å²) in [6, 6.07) is 0.499. The summed E-state index contributed by atoms with van der Waals surface area (Å²) in [7, 11) is 0. The molecule has 0 spiro atoms. The lowest BCUT2D eigenvalue weighted by Gasteiger charge is -2.27. The molecule has 1 N–H and O–H groups in total. The number of halogens is 1. The Morgan fingerprint density at radius 3 is 2.60 bits per heavy atom. The summed E-state index contributed by atoms with van der Waals surface area (Å²) in [5.41, 5.74) is 0.358. The van der Waals surface area contributed by atoms with E-state index in [1.54, 1.807) is 12.4 Å². The second kappa shape index (κ2) is 4.08. The molecule has 1 heterocycles. The fraction of sp³-hybridized carbons (Fsp3) is 0.636. The fourth-order valence-corrected chi connectivity index (χ4v) is 2.34. The van der Waals surface area contributed by atoms with Gasteiger partial charge in [0.1, 0.15) is 0 Å². The lowest BCUT2D eigenvalue weighted by atomic mass is 9.87. The van der Waals surface area contributed by atoms with Gasteiger partial charge in [-0.3, -0.25) is 0 Å². The molecule has 0 radical (unpaired) electrons. The molecule has 1 atom stereocenters. The minimum absolute atomic E-state index is 0.358. The van der Waals surface area contributed by atoms with E-state index in [9.17, 15) is 0 Å². The van der Waals surface area contributed by atoms with Gasteiger partial charge in [0.25, 0.3) is 0 Å². The summed E-state index contributed by atoms with van der Waals surface area (Å²) < 4.78 is 0.915. The zero-order valence-corrected chi connectivity index (χ0v) is 10.7. The Morgan fingerprint density at radius 1 is 1.40 bits per heavy atom. The molecule has 0 aromatic carbocycles. The average molecular weight is 270 g/mol. The molecule has 1 aliphatic rings. The fourth-order valence-electron chi connectivity index (χ4n) is 2.14. The van der Waals surface area contributed by atoms with E-state index in [2.05, 4.69) is 45.1 Å². The van der Waals surface area contributed by atoms with Crippen molar-refractivity contribution in [2.24, 2.45) is 5.41 Å². The van der Waals surface area contributed by atoms with E-state index in [-0.39, 0.29) is 0 Å². The highest BCUT2D eigenvalue weighted by Crippen LogP contribution is 2.38. The lowest BCUT2D eigenvalue weighted by molar-refractivity contribution is 0.349. The molecular weight excluding hydrogens is 254 g/mol. The van der Waals surface area contributed by atoms with Gasteiger partial charge in [-0.15, -0.1) is 0 Å². The van der Waals surface area contributed by atoms with E-state index in [0.717, 1.165) is 10.4 Å². The highest BCUT2D eigenvalue weighted by atomic mass is 79.9. The number of rotatable bonds is 2. The van der Waals surface area contributed by atoms with E-state index >= 15 is 0 Å². The molecule has 0 saturated heterocycles. The first-order chi connectivity index (χ1) is 7.08. The van der Waals surface area contributed by atoms with Gasteiger partial charge in [-0.2, -0.15) is 0 Å². The van der Waals surface area contributed by atoms with Gasteiger partial charge in [0.15, 0.2) is 0 Å². The van der Waals surface area contributed by atoms with Crippen LogP contribution in [-0.2, 0) is 0 Å². The van der Waals surface area contributed by atoms with Crippen LogP contribution in [0.4, 0.5) is 5.95 Å². The van der Waals surface area contributed by atoms with Crippen LogP contribution in [0.25, 0.3) is 0 Å². The van der Waals surface area contributed by atoms with Gasteiger partial charge in [0.05, 0.1) is 4.47 Å². The van der Waals surface area contributed by atoms with E-state index in [0.29, 0.717) is 11.5 Å². The molecule has 1 fully saturated rings. The summed E-state index contributed by atoms with van der Waals surface area (Å²) >= 11 is 3.33. The molecule has 4 heteroatoms. The van der Waals surface area contributed by atoms with Gasteiger partial charge < -0.3 is 5.32 Å². The predicted molar refractivity (Wildman–Crippen MR) is 64.8 cm³/mol. The van der Waals surface area contributed by atoms with Crippen molar-refractivity contribution in [2.75, 3.05) is 5.32 Å². The zero-order valence-electron chi connectivity index (χ0n) is 9.13. The maximum Gasteiger partial charge on any atom is 0.222 e. The molecule has 3 nitrogen and oxygen atoms in total. The van der Waals surface area contributed by atoms with Crippen molar-refractivity contribution in [3.8, 4) is 0 Å². The van der Waals surface area contributed by atoms with E-state index in [1.807, 2.05) is 0 Å². The predicted octanol–water partition coefficient (Wildman–Crippen LogP) is 3.23. The quantitative estimate of drug-likeness (QED) is 0.896. The Balaban J connectivity index is 2.06. The normalized spacial score (nSPS) is 24.1. The smallest absolute Gasteiger partial charge is 0.222 e. The highest BCUT2D eigenvalue weighted by Gasteiger charge is 2.34. The third-order valence-corrected chi connectivity index (χ3v) is 3.59. The van der Waals surface area contributed by atoms with Gasteiger partial charge in [0, 0.05) is 18.4 Å². The minimum atomic E-state index is 0.358. The molecule has 2 rings (SSSR count). The molecule has 0 bridgehead atoms. The molecule has 0 amide bonds. The summed E-state index contributed by atoms with van der Waals surface area (Å²) in [6.07, 6.45) is 7.34. The van der Waals surface area contributed by atoms with Crippen molar-refractivity contribution in [1.82, 2.24) is 9.97 Å². The Hall–Kier alpha value is -0.640. The average Bonchev–Trinajstić information content (AvgIpc) is 2.50. The highest BCUT2D eigenvalue weighted by molar-refractivity contribution is 9.10. The van der Waals surface area contributed by atoms with Crippen LogP contribution in [-0.4, -0.2) is 16.0 Å². The second-order valence-corrected chi connectivity index (χ2v) is 5.72. The topological polar surface area (TPSA) is 37.8 Å². The number of nitrogens with one attached hydrogen (secondary N) is 1. The third kappa shape index (κ3) is 2.48. The molecule has 1 unspecified atom stereocenters. The molecule has 1 aliphatic carbocycles. The van der Waals surface area contributed by atoms with Crippen molar-refractivity contribution in [2.45, 2.75) is 39.2 Å². The molecule has 1 aromatic heterocycles. The number of aromatic nitrogens is 2. The largest absolute Gasteiger partial charge is 0.351 e. The van der Waals surface area contributed by atoms with Crippen LogP contribution in [0.3, 0.4) is 0 Å². The van der Waals surface area contributed by atoms with Crippen LogP contribution in [0.15, 0.2) is 16.9 Å². The minimum Gasteiger partial charge on any atom is -0.351 e. The van der Waals surface area contributed by atoms with Gasteiger partial charge in [-0.1, -0.05) is 20.3 Å². The Bertz CT molecular complexity index is 334. The van der Waals surface area contributed by atoms with Crippen molar-refractivity contribution in [3.63, 3.8) is 0 Å². The first-order valence-electron chi connectivity index (χ1n) is 5.32. The van der Waals surface area contributed by atoms with Crippen LogP contribution in [0.5, 0.6) is 0 Å². The molecule has 0 aliphatic heterocycles. The summed E-state index contributed by atoms with van der Waals surface area (Å²) in [5.74, 6) is 0.734. The van der Waals surface area contributed by atoms with Crippen molar-refractivity contribution in [1.29, 1.82) is 0 Å². The van der Waals surface area contributed by atoms with Crippen molar-refractivity contribution >= 4 is 21.9 Å². The number of nitrogens with zero attached hydrogens (tertiary/aromatic N) is 2. The Kier molecular flexibility index (Phi) is 2.96. The van der Waals surface area contributed by atoms with Gasteiger partial charge in [0.2, 0.25) is 5.95 Å². The van der Waals surface area contributed by atoms with Crippen LogP contribution in [0.2, 0.25) is 0 Å². The summed E-state index contributed by atoms with van der Waals surface area (Å²) in [5, 5.41) is 3.42. The maximum atomic E-state index is 4.24. The maximum absolute atomic E-state index is 4.24. The third-order valence-electron chi connectivity index (χ3n) is 3.18. The SMILES string of the molecule is CC1(C)CCCC1Nc1ncc(Br)cn1. The van der Waals surface area contributed by atoms with E-state index < -0.39 is 0 Å². The van der Waals surface area contributed by atoms with Crippen LogP contribution >= 0.6 is 15.9 Å². The standard InChI is InChI=1S/C11H16BrN3/c1-11(2)5-3-4-9(11)15-10-13-6-8(12)7-14-10/h6-7,9H,3-5H2,1-2H3,(H,13,14,15). The first kappa shape index (κ1) is 10.9. The lowest BCUT2D eigenvalue weighted by Crippen LogP contribution is -2.31. The van der Waals surface area contributed by atoms with Crippen molar-refractivity contribution < 1.29 is 0 Å². The molecule has 82 valence electrons. The van der Waals surface area contributed by atoms with Crippen LogP contribution in [0, 0.1) is 5.41 Å². The van der Waals surface area contributed by atoms with Crippen LogP contribution in [0.1, 0.15) is 33.1 Å². The Morgan fingerprint density at radius 2 is 2.07 bits per heavy atom. The molecule has 1 saturated carbocycles. The number of hydrogen-bond acceptors (Lipinski definition) is 3.